The highest BCUT2D eigenvalue weighted by Crippen LogP contribution is 2.17. The molecule has 0 amide bonds. The quantitative estimate of drug-likeness (QED) is 0.786. The predicted octanol–water partition coefficient (Wildman–Crippen LogP) is 3.22. The number of nitrogens with two attached hydrogens (primary N) is 1. The van der Waals surface area contributed by atoms with Gasteiger partial charge in [-0.25, -0.2) is 4.68 Å². The Labute approximate surface area is 130 Å². The van der Waals surface area contributed by atoms with Gasteiger partial charge in [0.25, 0.3) is 0 Å². The lowest BCUT2D eigenvalue weighted by Gasteiger charge is -2.07. The second-order valence-electron chi connectivity index (χ2n) is 5.16. The summed E-state index contributed by atoms with van der Waals surface area (Å²) in [6, 6.07) is 18.0. The highest BCUT2D eigenvalue weighted by molar-refractivity contribution is 5.38. The highest BCUT2D eigenvalue weighted by Gasteiger charge is 2.05. The number of aryl methyl sites for hydroxylation is 1. The monoisotopic (exact) mass is 293 g/mol. The van der Waals surface area contributed by atoms with E-state index in [-0.39, 0.29) is 0 Å². The van der Waals surface area contributed by atoms with Crippen LogP contribution in [0.1, 0.15) is 16.8 Å². The second kappa shape index (κ2) is 6.45. The third-order valence-corrected chi connectivity index (χ3v) is 3.57. The van der Waals surface area contributed by atoms with E-state index in [1.54, 1.807) is 0 Å². The van der Waals surface area contributed by atoms with Gasteiger partial charge in [0, 0.05) is 18.3 Å². The largest absolute Gasteiger partial charge is 0.489 e. The van der Waals surface area contributed by atoms with E-state index in [1.807, 2.05) is 60.3 Å². The van der Waals surface area contributed by atoms with E-state index in [0.29, 0.717) is 13.2 Å². The molecule has 0 radical (unpaired) electrons. The van der Waals surface area contributed by atoms with Crippen LogP contribution >= 0.6 is 0 Å². The number of aromatic nitrogens is 2. The smallest absolute Gasteiger partial charge is 0.119 e. The Bertz CT molecular complexity index is 733. The van der Waals surface area contributed by atoms with Crippen molar-refractivity contribution in [1.29, 1.82) is 0 Å². The molecule has 3 aromatic rings. The van der Waals surface area contributed by atoms with E-state index in [1.165, 1.54) is 0 Å². The van der Waals surface area contributed by atoms with E-state index in [0.717, 1.165) is 28.3 Å². The lowest BCUT2D eigenvalue weighted by atomic mass is 10.2. The molecule has 4 heteroatoms. The molecule has 0 saturated heterocycles. The normalized spacial score (nSPS) is 10.6. The molecule has 4 nitrogen and oxygen atoms in total. The first-order valence-corrected chi connectivity index (χ1v) is 7.28. The van der Waals surface area contributed by atoms with Crippen molar-refractivity contribution in [2.75, 3.05) is 0 Å². The second-order valence-corrected chi connectivity index (χ2v) is 5.16. The minimum Gasteiger partial charge on any atom is -0.489 e. The number of ether oxygens (including phenoxy) is 1. The Balaban J connectivity index is 1.69. The van der Waals surface area contributed by atoms with Crippen LogP contribution in [0.2, 0.25) is 0 Å². The molecule has 112 valence electrons. The molecule has 0 aliphatic rings. The Morgan fingerprint density at radius 2 is 1.77 bits per heavy atom. The summed E-state index contributed by atoms with van der Waals surface area (Å²) in [6.07, 6.45) is 1.97. The van der Waals surface area contributed by atoms with Gasteiger partial charge in [0.1, 0.15) is 12.4 Å². The first-order chi connectivity index (χ1) is 10.8. The Morgan fingerprint density at radius 3 is 2.41 bits per heavy atom. The summed E-state index contributed by atoms with van der Waals surface area (Å²) >= 11 is 0. The van der Waals surface area contributed by atoms with Crippen LogP contribution in [0.25, 0.3) is 5.69 Å². The van der Waals surface area contributed by atoms with Gasteiger partial charge < -0.3 is 10.5 Å². The Kier molecular flexibility index (Phi) is 4.21. The highest BCUT2D eigenvalue weighted by atomic mass is 16.5. The maximum atomic E-state index is 5.78. The zero-order valence-corrected chi connectivity index (χ0v) is 12.6. The van der Waals surface area contributed by atoms with Crippen molar-refractivity contribution < 1.29 is 4.74 Å². The molecule has 0 atom stereocenters. The fraction of sp³-hybridized carbons (Fsp3) is 0.167. The molecule has 22 heavy (non-hydrogen) atoms. The zero-order chi connectivity index (χ0) is 15.4. The van der Waals surface area contributed by atoms with Crippen molar-refractivity contribution in [1.82, 2.24) is 9.78 Å². The molecule has 0 spiro atoms. The van der Waals surface area contributed by atoms with E-state index >= 15 is 0 Å². The average Bonchev–Trinajstić information content (AvgIpc) is 2.95. The van der Waals surface area contributed by atoms with Crippen LogP contribution in [0.15, 0.2) is 60.8 Å². The van der Waals surface area contributed by atoms with Crippen LogP contribution < -0.4 is 10.5 Å². The lowest BCUT2D eigenvalue weighted by Crippen LogP contribution is -1.97. The summed E-state index contributed by atoms with van der Waals surface area (Å²) in [5.41, 5.74) is 9.86. The first-order valence-electron chi connectivity index (χ1n) is 7.28. The summed E-state index contributed by atoms with van der Waals surface area (Å²) < 4.78 is 7.63. The van der Waals surface area contributed by atoms with Crippen LogP contribution in [0.5, 0.6) is 5.75 Å². The lowest BCUT2D eigenvalue weighted by molar-refractivity contribution is 0.306. The predicted molar refractivity (Wildman–Crippen MR) is 87.0 cm³/mol. The summed E-state index contributed by atoms with van der Waals surface area (Å²) in [7, 11) is 0. The standard InChI is InChI=1S/C18H19N3O/c1-14-16(11-19)12-21(20-14)17-7-9-18(10-8-17)22-13-15-5-3-2-4-6-15/h2-10,12H,11,13,19H2,1H3. The number of rotatable bonds is 5. The molecule has 2 aromatic carbocycles. The van der Waals surface area contributed by atoms with E-state index in [4.69, 9.17) is 10.5 Å². The average molecular weight is 293 g/mol. The maximum Gasteiger partial charge on any atom is 0.119 e. The molecule has 3 rings (SSSR count). The molecular formula is C18H19N3O. The molecule has 2 N–H and O–H groups in total. The molecule has 0 saturated carbocycles. The first kappa shape index (κ1) is 14.4. The van der Waals surface area contributed by atoms with Gasteiger partial charge >= 0.3 is 0 Å². The third-order valence-electron chi connectivity index (χ3n) is 3.57. The topological polar surface area (TPSA) is 53.1 Å². The van der Waals surface area contributed by atoms with Gasteiger partial charge in [0.05, 0.1) is 11.4 Å². The molecular weight excluding hydrogens is 274 g/mol. The van der Waals surface area contributed by atoms with Gasteiger partial charge in [-0.15, -0.1) is 0 Å². The van der Waals surface area contributed by atoms with Crippen LogP contribution in [0.3, 0.4) is 0 Å². The van der Waals surface area contributed by atoms with E-state index < -0.39 is 0 Å². The molecule has 0 bridgehead atoms. The molecule has 0 unspecified atom stereocenters. The Morgan fingerprint density at radius 1 is 1.05 bits per heavy atom. The van der Waals surface area contributed by atoms with E-state index in [2.05, 4.69) is 17.2 Å². The molecule has 1 aromatic heterocycles. The van der Waals surface area contributed by atoms with Crippen LogP contribution in [-0.2, 0) is 13.2 Å². The molecule has 0 aliphatic carbocycles. The van der Waals surface area contributed by atoms with Gasteiger partial charge in [-0.05, 0) is 36.8 Å². The van der Waals surface area contributed by atoms with E-state index in [9.17, 15) is 0 Å². The summed E-state index contributed by atoms with van der Waals surface area (Å²) in [5, 5.41) is 4.47. The van der Waals surface area contributed by atoms with Gasteiger partial charge in [0.15, 0.2) is 0 Å². The number of benzene rings is 2. The van der Waals surface area contributed by atoms with Crippen molar-refractivity contribution in [2.24, 2.45) is 5.73 Å². The van der Waals surface area contributed by atoms with Crippen LogP contribution in [0, 0.1) is 6.92 Å². The maximum absolute atomic E-state index is 5.78. The third kappa shape index (κ3) is 3.18. The van der Waals surface area contributed by atoms with Crippen molar-refractivity contribution in [2.45, 2.75) is 20.1 Å². The van der Waals surface area contributed by atoms with Crippen molar-refractivity contribution in [3.05, 3.63) is 77.6 Å². The van der Waals surface area contributed by atoms with Gasteiger partial charge in [-0.3, -0.25) is 0 Å². The SMILES string of the molecule is Cc1nn(-c2ccc(OCc3ccccc3)cc2)cc1CN. The minimum atomic E-state index is 0.504. The van der Waals surface area contributed by atoms with Gasteiger partial charge in [-0.2, -0.15) is 5.10 Å². The van der Waals surface area contributed by atoms with Crippen LogP contribution in [0.4, 0.5) is 0 Å². The number of hydrogen-bond acceptors (Lipinski definition) is 3. The van der Waals surface area contributed by atoms with Crippen molar-refractivity contribution in [3.8, 4) is 11.4 Å². The molecule has 0 fully saturated rings. The summed E-state index contributed by atoms with van der Waals surface area (Å²) in [5.74, 6) is 0.843. The molecule has 1 heterocycles. The number of hydrogen-bond donors (Lipinski definition) is 1. The minimum absolute atomic E-state index is 0.504. The van der Waals surface area contributed by atoms with Crippen LogP contribution in [-0.4, -0.2) is 9.78 Å². The fourth-order valence-electron chi connectivity index (χ4n) is 2.26. The van der Waals surface area contributed by atoms with Crippen molar-refractivity contribution in [3.63, 3.8) is 0 Å². The molecule has 0 aliphatic heterocycles. The summed E-state index contributed by atoms with van der Waals surface area (Å²) in [4.78, 5) is 0. The summed E-state index contributed by atoms with van der Waals surface area (Å²) in [6.45, 7) is 3.04. The Hall–Kier alpha value is -2.59. The fourth-order valence-corrected chi connectivity index (χ4v) is 2.26. The van der Waals surface area contributed by atoms with Crippen molar-refractivity contribution >= 4 is 0 Å². The van der Waals surface area contributed by atoms with Gasteiger partial charge in [0.2, 0.25) is 0 Å². The van der Waals surface area contributed by atoms with Gasteiger partial charge in [-0.1, -0.05) is 30.3 Å². The number of nitrogens with zero attached hydrogens (tertiary/aromatic N) is 2. The zero-order valence-electron chi connectivity index (χ0n) is 12.6.